The molecule has 0 aliphatic heterocycles. The highest BCUT2D eigenvalue weighted by molar-refractivity contribution is 6.34. The monoisotopic (exact) mass is 388 g/mol. The average Bonchev–Trinajstić information content (AvgIpc) is 2.54. The molecule has 0 atom stereocenters. The van der Waals surface area contributed by atoms with E-state index < -0.39 is 22.9 Å². The summed E-state index contributed by atoms with van der Waals surface area (Å²) in [5.74, 6) is -1.03. The van der Waals surface area contributed by atoms with Crippen LogP contribution in [0, 0.1) is 10.1 Å². The molecular weight excluding hydrogens is 377 g/mol. The Hall–Kier alpha value is -2.81. The number of hydrogen-bond donors (Lipinski definition) is 0. The van der Waals surface area contributed by atoms with Crippen LogP contribution in [0.15, 0.2) is 42.5 Å². The second-order valence-electron chi connectivity index (χ2n) is 5.24. The molecule has 2 rings (SSSR count). The molecule has 0 N–H and O–H groups in total. The zero-order chi connectivity index (χ0) is 19.5. The first-order chi connectivity index (χ1) is 12.1. The molecule has 2 aromatic carbocycles. The number of nitrogens with zero attached hydrogens (tertiary/aromatic N) is 2. The van der Waals surface area contributed by atoms with E-state index >= 15 is 0 Å². The van der Waals surface area contributed by atoms with Crippen molar-refractivity contribution in [3.8, 4) is 5.75 Å². The Bertz CT molecular complexity index is 842. The van der Waals surface area contributed by atoms with Gasteiger partial charge in [0, 0.05) is 31.3 Å². The summed E-state index contributed by atoms with van der Waals surface area (Å²) in [5, 5.41) is 10.6. The van der Waals surface area contributed by atoms with Gasteiger partial charge in [-0.1, -0.05) is 29.8 Å². The van der Waals surface area contributed by atoms with Gasteiger partial charge in [-0.25, -0.2) is 0 Å². The van der Waals surface area contributed by atoms with Crippen molar-refractivity contribution >= 4 is 23.2 Å². The van der Waals surface area contributed by atoms with Crippen LogP contribution in [0.2, 0.25) is 5.02 Å². The second-order valence-corrected chi connectivity index (χ2v) is 5.65. The highest BCUT2D eigenvalue weighted by Crippen LogP contribution is 2.28. The number of benzene rings is 2. The smallest absolute Gasteiger partial charge is 0.405 e. The number of ether oxygens (including phenoxy) is 1. The molecule has 10 heteroatoms. The van der Waals surface area contributed by atoms with Crippen molar-refractivity contribution in [1.29, 1.82) is 0 Å². The van der Waals surface area contributed by atoms with E-state index in [0.29, 0.717) is 0 Å². The minimum atomic E-state index is -4.86. The molecule has 26 heavy (non-hydrogen) atoms. The minimum Gasteiger partial charge on any atom is -0.405 e. The first-order valence-electron chi connectivity index (χ1n) is 7.11. The number of amides is 1. The summed E-state index contributed by atoms with van der Waals surface area (Å²) >= 11 is 5.91. The third-order valence-electron chi connectivity index (χ3n) is 3.35. The zero-order valence-electron chi connectivity index (χ0n) is 13.3. The largest absolute Gasteiger partial charge is 0.573 e. The Morgan fingerprint density at radius 2 is 1.92 bits per heavy atom. The summed E-state index contributed by atoms with van der Waals surface area (Å²) in [5.41, 5.74) is -0.147. The Kier molecular flexibility index (Phi) is 5.71. The second kappa shape index (κ2) is 7.61. The molecule has 0 radical (unpaired) electrons. The molecule has 0 saturated carbocycles. The third kappa shape index (κ3) is 4.85. The van der Waals surface area contributed by atoms with E-state index in [1.54, 1.807) is 0 Å². The van der Waals surface area contributed by atoms with Gasteiger partial charge in [0.1, 0.15) is 5.75 Å². The van der Waals surface area contributed by atoms with Gasteiger partial charge < -0.3 is 9.64 Å². The van der Waals surface area contributed by atoms with Gasteiger partial charge in [-0.05, 0) is 12.1 Å². The fourth-order valence-corrected chi connectivity index (χ4v) is 2.44. The maximum Gasteiger partial charge on any atom is 0.573 e. The highest BCUT2D eigenvalue weighted by Gasteiger charge is 2.32. The van der Waals surface area contributed by atoms with Crippen LogP contribution in [-0.4, -0.2) is 29.1 Å². The van der Waals surface area contributed by atoms with Crippen molar-refractivity contribution in [2.75, 3.05) is 7.05 Å². The minimum absolute atomic E-state index is 0.00557. The lowest BCUT2D eigenvalue weighted by molar-refractivity contribution is -0.384. The van der Waals surface area contributed by atoms with Crippen LogP contribution in [0.1, 0.15) is 15.9 Å². The van der Waals surface area contributed by atoms with Gasteiger partial charge in [0.05, 0.1) is 15.5 Å². The molecule has 0 fully saturated rings. The lowest BCUT2D eigenvalue weighted by Crippen LogP contribution is -2.27. The van der Waals surface area contributed by atoms with Gasteiger partial charge in [-0.2, -0.15) is 0 Å². The van der Waals surface area contributed by atoms with Gasteiger partial charge in [0.25, 0.3) is 11.6 Å². The van der Waals surface area contributed by atoms with Crippen molar-refractivity contribution < 1.29 is 27.6 Å². The maximum absolute atomic E-state index is 12.5. The van der Waals surface area contributed by atoms with E-state index in [9.17, 15) is 28.1 Å². The van der Waals surface area contributed by atoms with Crippen molar-refractivity contribution in [1.82, 2.24) is 4.90 Å². The van der Waals surface area contributed by atoms with Crippen molar-refractivity contribution in [2.24, 2.45) is 0 Å². The molecule has 1 amide bonds. The molecule has 0 heterocycles. The standard InChI is InChI=1S/C16H12ClF3N2O4/c1-21(9-10-4-2-3-5-14(10)26-16(18,19)20)15(23)12-7-6-11(22(24)25)8-13(12)17/h2-8H,9H2,1H3. The fourth-order valence-electron chi connectivity index (χ4n) is 2.18. The Morgan fingerprint density at radius 1 is 1.27 bits per heavy atom. The van der Waals surface area contributed by atoms with E-state index in [2.05, 4.69) is 4.74 Å². The van der Waals surface area contributed by atoms with Crippen LogP contribution < -0.4 is 4.74 Å². The topological polar surface area (TPSA) is 72.7 Å². The predicted molar refractivity (Wildman–Crippen MR) is 87.0 cm³/mol. The molecular formula is C16H12ClF3N2O4. The molecule has 6 nitrogen and oxygen atoms in total. The average molecular weight is 389 g/mol. The summed E-state index contributed by atoms with van der Waals surface area (Å²) < 4.78 is 41.3. The molecule has 0 aromatic heterocycles. The van der Waals surface area contributed by atoms with E-state index in [4.69, 9.17) is 11.6 Å². The van der Waals surface area contributed by atoms with Gasteiger partial charge >= 0.3 is 6.36 Å². The van der Waals surface area contributed by atoms with Gasteiger partial charge in [-0.15, -0.1) is 13.2 Å². The molecule has 0 saturated heterocycles. The molecule has 0 spiro atoms. The third-order valence-corrected chi connectivity index (χ3v) is 3.66. The number of hydrogen-bond acceptors (Lipinski definition) is 4. The summed E-state index contributed by atoms with van der Waals surface area (Å²) in [4.78, 5) is 23.6. The zero-order valence-corrected chi connectivity index (χ0v) is 14.0. The van der Waals surface area contributed by atoms with Crippen LogP contribution >= 0.6 is 11.6 Å². The maximum atomic E-state index is 12.5. The Labute approximate surface area is 150 Å². The Morgan fingerprint density at radius 3 is 2.50 bits per heavy atom. The summed E-state index contributed by atoms with van der Waals surface area (Å²) in [6, 6.07) is 8.76. The summed E-state index contributed by atoms with van der Waals surface area (Å²) in [6.45, 7) is -0.182. The highest BCUT2D eigenvalue weighted by atomic mass is 35.5. The van der Waals surface area contributed by atoms with E-state index in [1.165, 1.54) is 31.3 Å². The Balaban J connectivity index is 2.22. The van der Waals surface area contributed by atoms with Crippen molar-refractivity contribution in [2.45, 2.75) is 12.9 Å². The van der Waals surface area contributed by atoms with Crippen LogP contribution in [-0.2, 0) is 6.54 Å². The lowest BCUT2D eigenvalue weighted by Gasteiger charge is -2.20. The van der Waals surface area contributed by atoms with Crippen molar-refractivity contribution in [3.63, 3.8) is 0 Å². The van der Waals surface area contributed by atoms with Crippen molar-refractivity contribution in [3.05, 3.63) is 68.7 Å². The molecule has 0 unspecified atom stereocenters. The molecule has 0 aliphatic carbocycles. The number of rotatable bonds is 5. The van der Waals surface area contributed by atoms with Crippen LogP contribution in [0.3, 0.4) is 0 Å². The molecule has 0 bridgehead atoms. The number of para-hydroxylation sites is 1. The number of nitro benzene ring substituents is 1. The molecule has 0 aliphatic rings. The van der Waals surface area contributed by atoms with Crippen LogP contribution in [0.5, 0.6) is 5.75 Å². The molecule has 2 aromatic rings. The number of alkyl halides is 3. The normalized spacial score (nSPS) is 11.1. The van der Waals surface area contributed by atoms with E-state index in [-0.39, 0.29) is 28.4 Å². The number of non-ortho nitro benzene ring substituents is 1. The number of halogens is 4. The first-order valence-corrected chi connectivity index (χ1v) is 7.49. The van der Waals surface area contributed by atoms with E-state index in [0.717, 1.165) is 23.1 Å². The quantitative estimate of drug-likeness (QED) is 0.561. The van der Waals surface area contributed by atoms with Gasteiger partial charge in [0.15, 0.2) is 0 Å². The number of carbonyl (C=O) groups excluding carboxylic acids is 1. The van der Waals surface area contributed by atoms with Gasteiger partial charge in [-0.3, -0.25) is 14.9 Å². The predicted octanol–water partition coefficient (Wildman–Crippen LogP) is 4.42. The molecule has 138 valence electrons. The van der Waals surface area contributed by atoms with Crippen LogP contribution in [0.4, 0.5) is 18.9 Å². The van der Waals surface area contributed by atoms with Crippen LogP contribution in [0.25, 0.3) is 0 Å². The van der Waals surface area contributed by atoms with E-state index in [1.807, 2.05) is 0 Å². The lowest BCUT2D eigenvalue weighted by atomic mass is 10.1. The SMILES string of the molecule is CN(Cc1ccccc1OC(F)(F)F)C(=O)c1ccc([N+](=O)[O-])cc1Cl. The van der Waals surface area contributed by atoms with Gasteiger partial charge in [0.2, 0.25) is 0 Å². The number of carbonyl (C=O) groups is 1. The summed E-state index contributed by atoms with van der Waals surface area (Å²) in [7, 11) is 1.37. The fraction of sp³-hybridized carbons (Fsp3) is 0.188. The number of nitro groups is 1. The first kappa shape index (κ1) is 19.5. The summed E-state index contributed by atoms with van der Waals surface area (Å²) in [6.07, 6.45) is -4.86.